The lowest BCUT2D eigenvalue weighted by molar-refractivity contribution is -0.116. The van der Waals surface area contributed by atoms with Gasteiger partial charge in [0.05, 0.1) is 0 Å². The van der Waals surface area contributed by atoms with Crippen LogP contribution in [0.3, 0.4) is 0 Å². The molecule has 3 aromatic rings. The lowest BCUT2D eigenvalue weighted by Gasteiger charge is -2.32. The molecule has 0 spiro atoms. The van der Waals surface area contributed by atoms with Crippen LogP contribution in [0.15, 0.2) is 47.0 Å². The van der Waals surface area contributed by atoms with Gasteiger partial charge in [-0.2, -0.15) is 4.98 Å². The van der Waals surface area contributed by atoms with Gasteiger partial charge in [0, 0.05) is 42.9 Å². The molecule has 0 radical (unpaired) electrons. The Balaban J connectivity index is 1.32. The molecule has 0 atom stereocenters. The molecular formula is C25H30N4O2. The van der Waals surface area contributed by atoms with E-state index in [1.54, 1.807) is 0 Å². The van der Waals surface area contributed by atoms with E-state index in [1.165, 1.54) is 18.5 Å². The number of carbonyl (C=O) groups excluding carboxylic acids is 1. The molecule has 0 unspecified atom stereocenters. The Labute approximate surface area is 183 Å². The Morgan fingerprint density at radius 3 is 2.45 bits per heavy atom. The van der Waals surface area contributed by atoms with Crippen molar-refractivity contribution in [1.29, 1.82) is 0 Å². The van der Waals surface area contributed by atoms with Crippen molar-refractivity contribution in [2.45, 2.75) is 46.5 Å². The van der Waals surface area contributed by atoms with Gasteiger partial charge in [-0.25, -0.2) is 0 Å². The van der Waals surface area contributed by atoms with E-state index in [4.69, 9.17) is 4.52 Å². The number of aryl methyl sites for hydroxylation is 3. The summed E-state index contributed by atoms with van der Waals surface area (Å²) < 4.78 is 5.36. The Morgan fingerprint density at radius 2 is 1.77 bits per heavy atom. The first-order valence-corrected chi connectivity index (χ1v) is 11.0. The zero-order valence-corrected chi connectivity index (χ0v) is 18.5. The molecular weight excluding hydrogens is 388 g/mol. The van der Waals surface area contributed by atoms with Crippen LogP contribution in [0, 0.1) is 19.8 Å². The van der Waals surface area contributed by atoms with Crippen LogP contribution in [0.4, 0.5) is 11.4 Å². The van der Waals surface area contributed by atoms with Crippen LogP contribution in [0.25, 0.3) is 11.4 Å². The lowest BCUT2D eigenvalue weighted by atomic mass is 9.98. The van der Waals surface area contributed by atoms with Gasteiger partial charge in [-0.15, -0.1) is 0 Å². The molecule has 0 bridgehead atoms. The van der Waals surface area contributed by atoms with E-state index in [-0.39, 0.29) is 5.91 Å². The summed E-state index contributed by atoms with van der Waals surface area (Å²) in [7, 11) is 0. The van der Waals surface area contributed by atoms with Crippen LogP contribution in [0.1, 0.15) is 43.2 Å². The molecule has 1 amide bonds. The number of piperidine rings is 1. The van der Waals surface area contributed by atoms with Crippen LogP contribution in [0.5, 0.6) is 0 Å². The van der Waals surface area contributed by atoms with Gasteiger partial charge >= 0.3 is 0 Å². The first kappa shape index (κ1) is 21.1. The minimum Gasteiger partial charge on any atom is -0.372 e. The van der Waals surface area contributed by atoms with Gasteiger partial charge < -0.3 is 14.7 Å². The molecule has 162 valence electrons. The topological polar surface area (TPSA) is 71.3 Å². The fourth-order valence-electron chi connectivity index (χ4n) is 4.05. The molecule has 1 saturated heterocycles. The van der Waals surface area contributed by atoms with Crippen molar-refractivity contribution in [1.82, 2.24) is 10.1 Å². The molecule has 1 aliphatic heterocycles. The van der Waals surface area contributed by atoms with E-state index in [0.29, 0.717) is 24.6 Å². The molecule has 0 saturated carbocycles. The lowest BCUT2D eigenvalue weighted by Crippen LogP contribution is -2.32. The molecule has 1 N–H and O–H groups in total. The maximum atomic E-state index is 12.3. The number of amides is 1. The van der Waals surface area contributed by atoms with Crippen LogP contribution < -0.4 is 10.2 Å². The number of aromatic nitrogens is 2. The summed E-state index contributed by atoms with van der Waals surface area (Å²) in [6, 6.07) is 14.3. The second kappa shape index (κ2) is 9.33. The summed E-state index contributed by atoms with van der Waals surface area (Å²) in [5, 5.41) is 7.03. The predicted molar refractivity (Wildman–Crippen MR) is 123 cm³/mol. The quantitative estimate of drug-likeness (QED) is 0.599. The van der Waals surface area contributed by atoms with Crippen molar-refractivity contribution < 1.29 is 9.32 Å². The maximum absolute atomic E-state index is 12.3. The smallest absolute Gasteiger partial charge is 0.227 e. The Bertz CT molecular complexity index is 1010. The zero-order chi connectivity index (χ0) is 21.8. The highest BCUT2D eigenvalue weighted by atomic mass is 16.5. The standard InChI is InChI=1S/C25H30N4O2/c1-17-10-12-29(13-11-17)22-6-4-20(5-7-22)25-27-24(31-28-25)9-8-23(30)26-21-15-18(2)14-19(3)16-21/h4-7,14-17H,8-13H2,1-3H3,(H,26,30). The number of nitrogens with one attached hydrogen (secondary N) is 1. The number of hydrogen-bond acceptors (Lipinski definition) is 5. The molecule has 4 rings (SSSR count). The maximum Gasteiger partial charge on any atom is 0.227 e. The van der Waals surface area contributed by atoms with Gasteiger partial charge in [0.1, 0.15) is 0 Å². The minimum atomic E-state index is -0.0649. The molecule has 1 aliphatic rings. The van der Waals surface area contributed by atoms with Gasteiger partial charge in [-0.1, -0.05) is 18.1 Å². The first-order chi connectivity index (χ1) is 15.0. The van der Waals surface area contributed by atoms with E-state index < -0.39 is 0 Å². The third-order valence-electron chi connectivity index (χ3n) is 5.81. The van der Waals surface area contributed by atoms with E-state index in [2.05, 4.69) is 45.5 Å². The highest BCUT2D eigenvalue weighted by Crippen LogP contribution is 2.25. The van der Waals surface area contributed by atoms with Gasteiger partial charge in [0.2, 0.25) is 17.6 Å². The third-order valence-corrected chi connectivity index (χ3v) is 5.81. The first-order valence-electron chi connectivity index (χ1n) is 11.0. The second-order valence-electron chi connectivity index (χ2n) is 8.65. The SMILES string of the molecule is Cc1cc(C)cc(NC(=O)CCc2nc(-c3ccc(N4CCC(C)CC4)cc3)no2)c1. The Kier molecular flexibility index (Phi) is 6.35. The summed E-state index contributed by atoms with van der Waals surface area (Å²) in [4.78, 5) is 19.2. The molecule has 2 aromatic carbocycles. The number of benzene rings is 2. The van der Waals surface area contributed by atoms with E-state index in [9.17, 15) is 4.79 Å². The summed E-state index contributed by atoms with van der Waals surface area (Å²) in [6.07, 6.45) is 3.19. The van der Waals surface area contributed by atoms with Crippen molar-refractivity contribution in [3.8, 4) is 11.4 Å². The molecule has 1 fully saturated rings. The number of carbonyl (C=O) groups is 1. The number of anilines is 2. The van der Waals surface area contributed by atoms with Crippen molar-refractivity contribution in [3.05, 3.63) is 59.5 Å². The van der Waals surface area contributed by atoms with E-state index in [0.717, 1.165) is 41.4 Å². The zero-order valence-electron chi connectivity index (χ0n) is 18.5. The fourth-order valence-corrected chi connectivity index (χ4v) is 4.05. The van der Waals surface area contributed by atoms with Crippen LogP contribution in [-0.4, -0.2) is 29.1 Å². The average Bonchev–Trinajstić information content (AvgIpc) is 3.21. The highest BCUT2D eigenvalue weighted by Gasteiger charge is 2.17. The molecule has 6 nitrogen and oxygen atoms in total. The molecule has 1 aromatic heterocycles. The van der Waals surface area contributed by atoms with Gasteiger partial charge in [-0.3, -0.25) is 4.79 Å². The van der Waals surface area contributed by atoms with Crippen LogP contribution in [-0.2, 0) is 11.2 Å². The number of hydrogen-bond donors (Lipinski definition) is 1. The largest absolute Gasteiger partial charge is 0.372 e. The number of rotatable bonds is 6. The fraction of sp³-hybridized carbons (Fsp3) is 0.400. The minimum absolute atomic E-state index is 0.0649. The van der Waals surface area contributed by atoms with E-state index >= 15 is 0 Å². The second-order valence-corrected chi connectivity index (χ2v) is 8.65. The third kappa shape index (κ3) is 5.51. The molecule has 2 heterocycles. The Morgan fingerprint density at radius 1 is 1.10 bits per heavy atom. The van der Waals surface area contributed by atoms with Crippen molar-refractivity contribution in [3.63, 3.8) is 0 Å². The van der Waals surface area contributed by atoms with Gasteiger partial charge in [-0.05, 0) is 80.1 Å². The van der Waals surface area contributed by atoms with Crippen LogP contribution in [0.2, 0.25) is 0 Å². The van der Waals surface area contributed by atoms with Crippen molar-refractivity contribution in [2.75, 3.05) is 23.3 Å². The van der Waals surface area contributed by atoms with Gasteiger partial charge in [0.25, 0.3) is 0 Å². The predicted octanol–water partition coefficient (Wildman–Crippen LogP) is 5.16. The molecule has 31 heavy (non-hydrogen) atoms. The van der Waals surface area contributed by atoms with Crippen LogP contribution >= 0.6 is 0 Å². The van der Waals surface area contributed by atoms with Gasteiger partial charge in [0.15, 0.2) is 0 Å². The van der Waals surface area contributed by atoms with Crippen molar-refractivity contribution in [2.24, 2.45) is 5.92 Å². The molecule has 6 heteroatoms. The number of nitrogens with zero attached hydrogens (tertiary/aromatic N) is 3. The van der Waals surface area contributed by atoms with Crippen molar-refractivity contribution >= 4 is 17.3 Å². The summed E-state index contributed by atoms with van der Waals surface area (Å²) >= 11 is 0. The summed E-state index contributed by atoms with van der Waals surface area (Å²) in [5.41, 5.74) is 5.22. The normalized spacial score (nSPS) is 14.6. The average molecular weight is 419 g/mol. The summed E-state index contributed by atoms with van der Waals surface area (Å²) in [6.45, 7) is 8.57. The monoisotopic (exact) mass is 418 g/mol. The van der Waals surface area contributed by atoms with E-state index in [1.807, 2.05) is 38.1 Å². The molecule has 0 aliphatic carbocycles. The Hall–Kier alpha value is -3.15. The summed E-state index contributed by atoms with van der Waals surface area (Å²) in [5.74, 6) is 1.78. The highest BCUT2D eigenvalue weighted by molar-refractivity contribution is 5.91.